The van der Waals surface area contributed by atoms with Gasteiger partial charge in [0, 0.05) is 12.2 Å². The maximum absolute atomic E-state index is 13.0. The number of carbonyl (C=O) groups excluding carboxylic acids is 1. The fraction of sp³-hybridized carbons (Fsp3) is 0.533. The first kappa shape index (κ1) is 16.4. The summed E-state index contributed by atoms with van der Waals surface area (Å²) >= 11 is 0. The van der Waals surface area contributed by atoms with E-state index in [0.29, 0.717) is 24.2 Å². The Kier molecular flexibility index (Phi) is 5.51. The van der Waals surface area contributed by atoms with E-state index in [-0.39, 0.29) is 17.3 Å². The van der Waals surface area contributed by atoms with Crippen molar-refractivity contribution in [3.63, 3.8) is 0 Å². The molecule has 0 fully saturated rings. The van der Waals surface area contributed by atoms with E-state index in [9.17, 15) is 14.3 Å². The minimum Gasteiger partial charge on any atom is -0.393 e. The number of aryl methyl sites for hydroxylation is 1. The van der Waals surface area contributed by atoms with Crippen LogP contribution in [-0.2, 0) is 0 Å². The van der Waals surface area contributed by atoms with Crippen molar-refractivity contribution >= 4 is 11.7 Å². The van der Waals surface area contributed by atoms with Gasteiger partial charge in [-0.05, 0) is 49.4 Å². The molecule has 20 heavy (non-hydrogen) atoms. The Labute approximate surface area is 119 Å². The third kappa shape index (κ3) is 5.57. The smallest absolute Gasteiger partial charge is 0.319 e. The average molecular weight is 282 g/mol. The Hall–Kier alpha value is -1.62. The van der Waals surface area contributed by atoms with E-state index >= 15 is 0 Å². The molecule has 0 radical (unpaired) electrons. The summed E-state index contributed by atoms with van der Waals surface area (Å²) in [7, 11) is 0. The zero-order valence-electron chi connectivity index (χ0n) is 12.5. The quantitative estimate of drug-likeness (QED) is 0.777. The Morgan fingerprint density at radius 2 is 2.10 bits per heavy atom. The van der Waals surface area contributed by atoms with E-state index in [1.807, 2.05) is 13.8 Å². The Bertz CT molecular complexity index is 473. The van der Waals surface area contributed by atoms with Crippen molar-refractivity contribution in [3.8, 4) is 0 Å². The lowest BCUT2D eigenvalue weighted by molar-refractivity contribution is 0.129. The van der Waals surface area contributed by atoms with Gasteiger partial charge >= 0.3 is 6.03 Å². The van der Waals surface area contributed by atoms with Crippen molar-refractivity contribution in [1.82, 2.24) is 5.32 Å². The van der Waals surface area contributed by atoms with Crippen LogP contribution in [0.2, 0.25) is 0 Å². The maximum Gasteiger partial charge on any atom is 0.319 e. The molecule has 0 heterocycles. The number of rotatable bonds is 5. The third-order valence-corrected chi connectivity index (χ3v) is 3.01. The molecule has 1 aromatic rings. The van der Waals surface area contributed by atoms with Crippen molar-refractivity contribution in [2.24, 2.45) is 5.41 Å². The molecule has 112 valence electrons. The van der Waals surface area contributed by atoms with Gasteiger partial charge in [-0.2, -0.15) is 0 Å². The molecule has 0 bridgehead atoms. The second-order valence-electron chi connectivity index (χ2n) is 5.98. The summed E-state index contributed by atoms with van der Waals surface area (Å²) in [6.45, 7) is 7.86. The molecule has 3 N–H and O–H groups in total. The van der Waals surface area contributed by atoms with Crippen LogP contribution in [0.25, 0.3) is 0 Å². The molecular weight excluding hydrogens is 259 g/mol. The van der Waals surface area contributed by atoms with Gasteiger partial charge in [0.25, 0.3) is 0 Å². The highest BCUT2D eigenvalue weighted by Crippen LogP contribution is 2.21. The van der Waals surface area contributed by atoms with Crippen LogP contribution in [0.15, 0.2) is 18.2 Å². The van der Waals surface area contributed by atoms with Crippen LogP contribution in [0, 0.1) is 18.2 Å². The number of benzene rings is 1. The van der Waals surface area contributed by atoms with Crippen molar-refractivity contribution in [2.45, 2.75) is 40.2 Å². The van der Waals surface area contributed by atoms with Crippen LogP contribution in [0.5, 0.6) is 0 Å². The van der Waals surface area contributed by atoms with E-state index in [4.69, 9.17) is 0 Å². The number of anilines is 1. The molecule has 1 aromatic carbocycles. The zero-order chi connectivity index (χ0) is 15.3. The summed E-state index contributed by atoms with van der Waals surface area (Å²) in [5.41, 5.74) is 1.06. The Morgan fingerprint density at radius 3 is 2.65 bits per heavy atom. The van der Waals surface area contributed by atoms with Gasteiger partial charge < -0.3 is 15.7 Å². The molecule has 0 aromatic heterocycles. The number of hydrogen-bond acceptors (Lipinski definition) is 2. The number of hydrogen-bond donors (Lipinski definition) is 3. The molecule has 5 heteroatoms. The first-order chi connectivity index (χ1) is 9.19. The highest BCUT2D eigenvalue weighted by atomic mass is 19.1. The van der Waals surface area contributed by atoms with Gasteiger partial charge in [0.2, 0.25) is 0 Å². The van der Waals surface area contributed by atoms with Crippen LogP contribution in [0.3, 0.4) is 0 Å². The molecular formula is C15H23FN2O2. The highest BCUT2D eigenvalue weighted by Gasteiger charge is 2.21. The van der Waals surface area contributed by atoms with E-state index in [2.05, 4.69) is 10.6 Å². The van der Waals surface area contributed by atoms with Gasteiger partial charge in [0.15, 0.2) is 0 Å². The van der Waals surface area contributed by atoms with Crippen LogP contribution >= 0.6 is 0 Å². The summed E-state index contributed by atoms with van der Waals surface area (Å²) in [6, 6.07) is 3.87. The van der Waals surface area contributed by atoms with Crippen LogP contribution in [0.4, 0.5) is 14.9 Å². The Balaban J connectivity index is 2.52. The second kappa shape index (κ2) is 6.70. The van der Waals surface area contributed by atoms with E-state index < -0.39 is 6.10 Å². The fourth-order valence-electron chi connectivity index (χ4n) is 2.13. The third-order valence-electron chi connectivity index (χ3n) is 3.01. The van der Waals surface area contributed by atoms with Gasteiger partial charge in [0.1, 0.15) is 5.82 Å². The van der Waals surface area contributed by atoms with E-state index in [1.54, 1.807) is 13.8 Å². The summed E-state index contributed by atoms with van der Waals surface area (Å²) in [5.74, 6) is -0.327. The molecule has 0 aliphatic carbocycles. The lowest BCUT2D eigenvalue weighted by Gasteiger charge is -2.26. The summed E-state index contributed by atoms with van der Waals surface area (Å²) in [5, 5.41) is 14.8. The molecule has 0 aliphatic rings. The van der Waals surface area contributed by atoms with Crippen LogP contribution < -0.4 is 10.6 Å². The van der Waals surface area contributed by atoms with Gasteiger partial charge in [-0.3, -0.25) is 0 Å². The van der Waals surface area contributed by atoms with Crippen LogP contribution in [0.1, 0.15) is 32.8 Å². The monoisotopic (exact) mass is 282 g/mol. The van der Waals surface area contributed by atoms with Gasteiger partial charge in [-0.25, -0.2) is 9.18 Å². The zero-order valence-corrected chi connectivity index (χ0v) is 12.5. The molecule has 2 amide bonds. The van der Waals surface area contributed by atoms with Gasteiger partial charge in [0.05, 0.1) is 6.10 Å². The predicted octanol–water partition coefficient (Wildman–Crippen LogP) is 3.05. The lowest BCUT2D eigenvalue weighted by Crippen LogP contribution is -2.38. The van der Waals surface area contributed by atoms with Gasteiger partial charge in [-0.1, -0.05) is 13.8 Å². The summed E-state index contributed by atoms with van der Waals surface area (Å²) in [4.78, 5) is 11.8. The standard InChI is InChI=1S/C15H23FN2O2/c1-10-7-12(16)5-6-13(10)18-14(20)17-9-15(3,4)8-11(2)19/h5-7,11,19H,8-9H2,1-4H3,(H2,17,18,20). The highest BCUT2D eigenvalue weighted by molar-refractivity contribution is 5.90. The molecule has 0 spiro atoms. The first-order valence-electron chi connectivity index (χ1n) is 6.69. The topological polar surface area (TPSA) is 61.4 Å². The first-order valence-corrected chi connectivity index (χ1v) is 6.69. The Morgan fingerprint density at radius 1 is 1.45 bits per heavy atom. The number of nitrogens with one attached hydrogen (secondary N) is 2. The maximum atomic E-state index is 13.0. The molecule has 1 unspecified atom stereocenters. The minimum absolute atomic E-state index is 0.191. The minimum atomic E-state index is -0.408. The largest absolute Gasteiger partial charge is 0.393 e. The second-order valence-corrected chi connectivity index (χ2v) is 5.98. The molecule has 1 rings (SSSR count). The van der Waals surface area contributed by atoms with Crippen molar-refractivity contribution in [2.75, 3.05) is 11.9 Å². The molecule has 1 atom stereocenters. The van der Waals surface area contributed by atoms with Crippen molar-refractivity contribution < 1.29 is 14.3 Å². The average Bonchev–Trinajstić information content (AvgIpc) is 2.29. The SMILES string of the molecule is Cc1cc(F)ccc1NC(=O)NCC(C)(C)CC(C)O. The summed E-state index contributed by atoms with van der Waals surface area (Å²) in [6.07, 6.45) is 0.192. The molecule has 0 saturated heterocycles. The molecule has 0 aliphatic heterocycles. The normalized spacial score (nSPS) is 12.9. The van der Waals surface area contributed by atoms with Crippen molar-refractivity contribution in [3.05, 3.63) is 29.6 Å². The number of aliphatic hydroxyl groups excluding tert-OH is 1. The molecule has 0 saturated carbocycles. The van der Waals surface area contributed by atoms with Gasteiger partial charge in [-0.15, -0.1) is 0 Å². The number of aliphatic hydroxyl groups is 1. The van der Waals surface area contributed by atoms with E-state index in [0.717, 1.165) is 0 Å². The number of carbonyl (C=O) groups is 1. The number of urea groups is 1. The molecule has 4 nitrogen and oxygen atoms in total. The lowest BCUT2D eigenvalue weighted by atomic mass is 9.87. The van der Waals surface area contributed by atoms with Crippen molar-refractivity contribution in [1.29, 1.82) is 0 Å². The predicted molar refractivity (Wildman–Crippen MR) is 78.2 cm³/mol. The summed E-state index contributed by atoms with van der Waals surface area (Å²) < 4.78 is 13.0. The van der Waals surface area contributed by atoms with E-state index in [1.165, 1.54) is 18.2 Å². The number of halogens is 1. The number of amides is 2. The van der Waals surface area contributed by atoms with Crippen LogP contribution in [-0.4, -0.2) is 23.8 Å². The fourth-order valence-corrected chi connectivity index (χ4v) is 2.13.